The van der Waals surface area contributed by atoms with E-state index in [-0.39, 0.29) is 0 Å². The van der Waals surface area contributed by atoms with E-state index in [4.69, 9.17) is 5.41 Å². The van der Waals surface area contributed by atoms with E-state index in [0.29, 0.717) is 5.41 Å². The molecule has 1 N–H and O–H groups in total. The minimum atomic E-state index is 0.562. The summed E-state index contributed by atoms with van der Waals surface area (Å²) in [7, 11) is 0. The number of fused-ring (bicyclic) bond motifs is 1. The highest BCUT2D eigenvalue weighted by molar-refractivity contribution is 5.53. The van der Waals surface area contributed by atoms with Gasteiger partial charge in [0.1, 0.15) is 0 Å². The first kappa shape index (κ1) is 8.98. The molecule has 3 aliphatic carbocycles. The van der Waals surface area contributed by atoms with Gasteiger partial charge in [-0.15, -0.1) is 0 Å². The van der Waals surface area contributed by atoms with Gasteiger partial charge in [0.15, 0.2) is 0 Å². The lowest BCUT2D eigenvalue weighted by Crippen LogP contribution is -2.47. The molecule has 1 heteroatoms. The molecule has 0 saturated heterocycles. The molecule has 2 atom stereocenters. The summed E-state index contributed by atoms with van der Waals surface area (Å²) in [5.74, 6) is 1.78. The quantitative estimate of drug-likeness (QED) is 0.504. The summed E-state index contributed by atoms with van der Waals surface area (Å²) in [6.07, 6.45) is 8.74. The van der Waals surface area contributed by atoms with Crippen molar-refractivity contribution in [3.05, 3.63) is 11.6 Å². The van der Waals surface area contributed by atoms with E-state index in [2.05, 4.69) is 19.9 Å². The van der Waals surface area contributed by atoms with Gasteiger partial charge in [-0.1, -0.05) is 25.5 Å². The van der Waals surface area contributed by atoms with Crippen molar-refractivity contribution >= 4 is 6.21 Å². The van der Waals surface area contributed by atoms with Crippen LogP contribution in [0.3, 0.4) is 0 Å². The van der Waals surface area contributed by atoms with Crippen LogP contribution in [-0.2, 0) is 0 Å². The van der Waals surface area contributed by atoms with Gasteiger partial charge < -0.3 is 5.41 Å². The van der Waals surface area contributed by atoms with Crippen LogP contribution >= 0.6 is 0 Å². The normalized spacial score (nSPS) is 34.8. The van der Waals surface area contributed by atoms with Gasteiger partial charge in [0.2, 0.25) is 0 Å². The van der Waals surface area contributed by atoms with Crippen molar-refractivity contribution in [2.24, 2.45) is 17.3 Å². The van der Waals surface area contributed by atoms with Crippen LogP contribution in [0.15, 0.2) is 11.6 Å². The molecule has 0 spiro atoms. The largest absolute Gasteiger partial charge is 0.313 e. The topological polar surface area (TPSA) is 23.9 Å². The minimum Gasteiger partial charge on any atom is -0.313 e. The van der Waals surface area contributed by atoms with Crippen LogP contribution in [0.1, 0.15) is 39.5 Å². The van der Waals surface area contributed by atoms with Crippen LogP contribution in [-0.4, -0.2) is 6.21 Å². The van der Waals surface area contributed by atoms with Crippen LogP contribution in [0.2, 0.25) is 0 Å². The van der Waals surface area contributed by atoms with Gasteiger partial charge in [0.25, 0.3) is 0 Å². The molecule has 0 radical (unpaired) electrons. The van der Waals surface area contributed by atoms with Crippen LogP contribution in [0.25, 0.3) is 0 Å². The van der Waals surface area contributed by atoms with E-state index < -0.39 is 0 Å². The zero-order valence-electron chi connectivity index (χ0n) is 8.64. The lowest BCUT2D eigenvalue weighted by atomic mass is 9.48. The van der Waals surface area contributed by atoms with E-state index in [0.717, 1.165) is 24.7 Å². The van der Waals surface area contributed by atoms with E-state index in [1.807, 2.05) is 0 Å². The van der Waals surface area contributed by atoms with Crippen molar-refractivity contribution in [2.45, 2.75) is 39.5 Å². The highest BCUT2D eigenvalue weighted by Gasteiger charge is 2.50. The smallest absolute Gasteiger partial charge is 0.00446 e. The van der Waals surface area contributed by atoms with Crippen molar-refractivity contribution in [1.29, 1.82) is 5.41 Å². The summed E-state index contributed by atoms with van der Waals surface area (Å²) < 4.78 is 0. The molecule has 0 heterocycles. The second-order valence-corrected chi connectivity index (χ2v) is 5.06. The Hall–Kier alpha value is -0.590. The molecular formula is C12H19N. The predicted octanol–water partition coefficient (Wildman–Crippen LogP) is 3.41. The van der Waals surface area contributed by atoms with E-state index in [9.17, 15) is 0 Å². The number of hydrogen-bond donors (Lipinski definition) is 1. The fourth-order valence-electron chi connectivity index (χ4n) is 3.00. The summed E-state index contributed by atoms with van der Waals surface area (Å²) >= 11 is 0. The molecule has 3 rings (SSSR count). The maximum Gasteiger partial charge on any atom is -0.00446 e. The van der Waals surface area contributed by atoms with E-state index >= 15 is 0 Å². The average molecular weight is 177 g/mol. The van der Waals surface area contributed by atoms with E-state index in [1.165, 1.54) is 12.8 Å². The average Bonchev–Trinajstić information content (AvgIpc) is 2.14. The first-order valence-corrected chi connectivity index (χ1v) is 5.34. The van der Waals surface area contributed by atoms with Crippen LogP contribution in [0.5, 0.6) is 0 Å². The fourth-order valence-corrected chi connectivity index (χ4v) is 3.00. The van der Waals surface area contributed by atoms with Gasteiger partial charge in [-0.25, -0.2) is 0 Å². The van der Waals surface area contributed by atoms with Gasteiger partial charge in [0.05, 0.1) is 0 Å². The molecule has 3 aliphatic rings. The Morgan fingerprint density at radius 2 is 2.38 bits per heavy atom. The first-order chi connectivity index (χ1) is 6.16. The maximum absolute atomic E-state index is 7.05. The summed E-state index contributed by atoms with van der Waals surface area (Å²) in [5, 5.41) is 7.05. The van der Waals surface area contributed by atoms with Crippen LogP contribution < -0.4 is 0 Å². The zero-order valence-corrected chi connectivity index (χ0v) is 8.64. The second kappa shape index (κ2) is 2.97. The second-order valence-electron chi connectivity index (χ2n) is 5.06. The highest BCUT2D eigenvalue weighted by Crippen LogP contribution is 2.59. The molecule has 2 bridgehead atoms. The number of nitrogens with one attached hydrogen (secondary N) is 1. The Morgan fingerprint density at radius 1 is 1.62 bits per heavy atom. The lowest BCUT2D eigenvalue weighted by molar-refractivity contribution is -0.00800. The SMILES string of the molecule is CC1(C)C2CC=C(CCC=N)C1C2. The molecule has 13 heavy (non-hydrogen) atoms. The van der Waals surface area contributed by atoms with Crippen LogP contribution in [0.4, 0.5) is 0 Å². The third-order valence-electron chi connectivity index (χ3n) is 4.16. The first-order valence-electron chi connectivity index (χ1n) is 5.34. The standard InChI is InChI=1S/C12H19N/c1-12(2)10-6-5-9(4-3-7-13)11(12)8-10/h5,7,10-11,13H,3-4,6,8H2,1-2H3. The summed E-state index contributed by atoms with van der Waals surface area (Å²) in [6.45, 7) is 4.81. The maximum atomic E-state index is 7.05. The monoisotopic (exact) mass is 177 g/mol. The molecule has 1 saturated carbocycles. The van der Waals surface area contributed by atoms with Crippen LogP contribution in [0, 0.1) is 22.7 Å². The Balaban J connectivity index is 2.05. The predicted molar refractivity (Wildman–Crippen MR) is 56.1 cm³/mol. The van der Waals surface area contributed by atoms with Gasteiger partial charge in [0, 0.05) is 0 Å². The summed E-state index contributed by atoms with van der Waals surface area (Å²) in [4.78, 5) is 0. The Morgan fingerprint density at radius 3 is 2.92 bits per heavy atom. The third-order valence-corrected chi connectivity index (χ3v) is 4.16. The molecule has 0 amide bonds. The Kier molecular flexibility index (Phi) is 2.05. The fraction of sp³-hybridized carbons (Fsp3) is 0.750. The van der Waals surface area contributed by atoms with E-state index in [1.54, 1.807) is 11.8 Å². The summed E-state index contributed by atoms with van der Waals surface area (Å²) in [6, 6.07) is 0. The minimum absolute atomic E-state index is 0.562. The number of allylic oxidation sites excluding steroid dienone is 2. The van der Waals surface area contributed by atoms with Crippen molar-refractivity contribution in [3.63, 3.8) is 0 Å². The van der Waals surface area contributed by atoms with Gasteiger partial charge in [-0.3, -0.25) is 0 Å². The molecule has 72 valence electrons. The lowest BCUT2D eigenvalue weighted by Gasteiger charge is -2.56. The zero-order chi connectivity index (χ0) is 9.47. The third kappa shape index (κ3) is 1.25. The van der Waals surface area contributed by atoms with Crippen molar-refractivity contribution < 1.29 is 0 Å². The Labute approximate surface area is 80.7 Å². The van der Waals surface area contributed by atoms with Gasteiger partial charge in [-0.05, 0) is 49.1 Å². The number of rotatable bonds is 3. The van der Waals surface area contributed by atoms with Crippen molar-refractivity contribution in [3.8, 4) is 0 Å². The molecule has 1 fully saturated rings. The molecule has 2 unspecified atom stereocenters. The molecular weight excluding hydrogens is 158 g/mol. The van der Waals surface area contributed by atoms with Crippen molar-refractivity contribution in [2.75, 3.05) is 0 Å². The molecule has 0 aromatic carbocycles. The van der Waals surface area contributed by atoms with Gasteiger partial charge in [-0.2, -0.15) is 0 Å². The highest BCUT2D eigenvalue weighted by atomic mass is 14.5. The Bertz CT molecular complexity index is 250. The molecule has 0 aromatic heterocycles. The molecule has 0 aliphatic heterocycles. The molecule has 1 nitrogen and oxygen atoms in total. The van der Waals surface area contributed by atoms with Crippen molar-refractivity contribution in [1.82, 2.24) is 0 Å². The molecule has 0 aromatic rings. The summed E-state index contributed by atoms with van der Waals surface area (Å²) in [5.41, 5.74) is 2.20. The number of hydrogen-bond acceptors (Lipinski definition) is 1. The van der Waals surface area contributed by atoms with Gasteiger partial charge >= 0.3 is 0 Å².